The topological polar surface area (TPSA) is 55.1 Å². The molecule has 102 valence electrons. The van der Waals surface area contributed by atoms with E-state index in [4.69, 9.17) is 18.0 Å². The van der Waals surface area contributed by atoms with E-state index in [9.17, 15) is 4.79 Å². The van der Waals surface area contributed by atoms with Crippen LogP contribution in [0.5, 0.6) is 0 Å². The smallest absolute Gasteiger partial charge is 0.251 e. The summed E-state index contributed by atoms with van der Waals surface area (Å²) in [4.78, 5) is 12.4. The summed E-state index contributed by atoms with van der Waals surface area (Å²) in [6.07, 6.45) is 4.92. The number of thiocarbonyl (C=S) groups is 1. The monoisotopic (exact) mass is 276 g/mol. The maximum atomic E-state index is 12.1. The lowest BCUT2D eigenvalue weighted by molar-refractivity contribution is 0.0934. The SMILES string of the molecule is CC1(CNC(=O)c2cccc(C(N)=S)c2)CCCC1. The van der Waals surface area contributed by atoms with Gasteiger partial charge >= 0.3 is 0 Å². The minimum atomic E-state index is -0.0498. The third-order valence-electron chi connectivity index (χ3n) is 3.90. The van der Waals surface area contributed by atoms with Crippen molar-refractivity contribution >= 4 is 23.1 Å². The van der Waals surface area contributed by atoms with Gasteiger partial charge in [-0.05, 0) is 30.4 Å². The zero-order valence-corrected chi connectivity index (χ0v) is 12.1. The predicted octanol–water partition coefficient (Wildman–Crippen LogP) is 2.63. The number of nitrogens with one attached hydrogen (secondary N) is 1. The molecule has 0 bridgehead atoms. The van der Waals surface area contributed by atoms with Gasteiger partial charge in [0.05, 0.1) is 0 Å². The van der Waals surface area contributed by atoms with Crippen molar-refractivity contribution in [2.45, 2.75) is 32.6 Å². The van der Waals surface area contributed by atoms with Gasteiger partial charge in [-0.3, -0.25) is 4.79 Å². The van der Waals surface area contributed by atoms with Crippen LogP contribution in [0.25, 0.3) is 0 Å². The summed E-state index contributed by atoms with van der Waals surface area (Å²) < 4.78 is 0. The fraction of sp³-hybridized carbons (Fsp3) is 0.467. The Morgan fingerprint density at radius 3 is 2.63 bits per heavy atom. The highest BCUT2D eigenvalue weighted by Gasteiger charge is 2.28. The first-order valence-corrected chi connectivity index (χ1v) is 7.09. The zero-order chi connectivity index (χ0) is 13.9. The van der Waals surface area contributed by atoms with Crippen LogP contribution in [0.1, 0.15) is 48.5 Å². The van der Waals surface area contributed by atoms with Crippen molar-refractivity contribution in [2.24, 2.45) is 11.1 Å². The molecular weight excluding hydrogens is 256 g/mol. The molecule has 0 saturated heterocycles. The van der Waals surface area contributed by atoms with E-state index in [1.807, 2.05) is 6.07 Å². The Labute approximate surface area is 119 Å². The van der Waals surface area contributed by atoms with Gasteiger partial charge in [0.15, 0.2) is 0 Å². The second-order valence-corrected chi connectivity index (χ2v) is 6.09. The second-order valence-electron chi connectivity index (χ2n) is 5.65. The van der Waals surface area contributed by atoms with E-state index in [2.05, 4.69) is 12.2 Å². The number of nitrogens with two attached hydrogens (primary N) is 1. The molecule has 1 amide bonds. The molecule has 0 aliphatic heterocycles. The van der Waals surface area contributed by atoms with Crippen LogP contribution in [0, 0.1) is 5.41 Å². The summed E-state index contributed by atoms with van der Waals surface area (Å²) >= 11 is 4.92. The van der Waals surface area contributed by atoms with Crippen molar-refractivity contribution in [1.82, 2.24) is 5.32 Å². The first-order valence-electron chi connectivity index (χ1n) is 6.68. The fourth-order valence-corrected chi connectivity index (χ4v) is 2.74. The van der Waals surface area contributed by atoms with Crippen molar-refractivity contribution in [3.05, 3.63) is 35.4 Å². The highest BCUT2D eigenvalue weighted by molar-refractivity contribution is 7.80. The third-order valence-corrected chi connectivity index (χ3v) is 4.13. The Morgan fingerprint density at radius 2 is 2.00 bits per heavy atom. The number of benzene rings is 1. The van der Waals surface area contributed by atoms with Gasteiger partial charge in [-0.1, -0.05) is 44.1 Å². The van der Waals surface area contributed by atoms with Crippen LogP contribution in [0.4, 0.5) is 0 Å². The maximum Gasteiger partial charge on any atom is 0.251 e. The Balaban J connectivity index is 1.99. The Morgan fingerprint density at radius 1 is 1.37 bits per heavy atom. The van der Waals surface area contributed by atoms with Gasteiger partial charge in [0, 0.05) is 17.7 Å². The molecule has 1 aliphatic rings. The van der Waals surface area contributed by atoms with Gasteiger partial charge in [0.1, 0.15) is 4.99 Å². The van der Waals surface area contributed by atoms with Gasteiger partial charge < -0.3 is 11.1 Å². The maximum absolute atomic E-state index is 12.1. The van der Waals surface area contributed by atoms with E-state index in [1.165, 1.54) is 25.7 Å². The molecule has 19 heavy (non-hydrogen) atoms. The Bertz CT molecular complexity index is 493. The van der Waals surface area contributed by atoms with Crippen LogP contribution >= 0.6 is 12.2 Å². The molecule has 0 atom stereocenters. The molecule has 1 aromatic carbocycles. The van der Waals surface area contributed by atoms with E-state index >= 15 is 0 Å². The second kappa shape index (κ2) is 5.70. The number of carbonyl (C=O) groups excluding carboxylic acids is 1. The molecule has 0 heterocycles. The average Bonchev–Trinajstić information content (AvgIpc) is 2.83. The normalized spacial score (nSPS) is 17.1. The van der Waals surface area contributed by atoms with Crippen LogP contribution in [0.3, 0.4) is 0 Å². The lowest BCUT2D eigenvalue weighted by Crippen LogP contribution is -2.34. The highest BCUT2D eigenvalue weighted by Crippen LogP contribution is 2.36. The summed E-state index contributed by atoms with van der Waals surface area (Å²) in [6.45, 7) is 2.98. The van der Waals surface area contributed by atoms with Crippen LogP contribution in [-0.4, -0.2) is 17.4 Å². The van der Waals surface area contributed by atoms with E-state index < -0.39 is 0 Å². The number of hydrogen-bond donors (Lipinski definition) is 2. The molecule has 3 nitrogen and oxygen atoms in total. The van der Waals surface area contributed by atoms with Crippen molar-refractivity contribution in [3.63, 3.8) is 0 Å². The van der Waals surface area contributed by atoms with Crippen molar-refractivity contribution in [2.75, 3.05) is 6.54 Å². The van der Waals surface area contributed by atoms with Crippen molar-refractivity contribution < 1.29 is 4.79 Å². The average molecular weight is 276 g/mol. The number of carbonyl (C=O) groups is 1. The Kier molecular flexibility index (Phi) is 4.20. The number of rotatable bonds is 4. The minimum Gasteiger partial charge on any atom is -0.389 e. The van der Waals surface area contributed by atoms with Crippen LogP contribution in [0.15, 0.2) is 24.3 Å². The summed E-state index contributed by atoms with van der Waals surface area (Å²) in [5.41, 5.74) is 7.19. The summed E-state index contributed by atoms with van der Waals surface area (Å²) in [7, 11) is 0. The first-order chi connectivity index (χ1) is 9.00. The van der Waals surface area contributed by atoms with Gasteiger partial charge in [0.2, 0.25) is 0 Å². The van der Waals surface area contributed by atoms with Crippen LogP contribution < -0.4 is 11.1 Å². The number of amides is 1. The van der Waals surface area contributed by atoms with Gasteiger partial charge in [-0.25, -0.2) is 0 Å². The van der Waals surface area contributed by atoms with E-state index in [-0.39, 0.29) is 11.3 Å². The van der Waals surface area contributed by atoms with E-state index in [1.54, 1.807) is 18.2 Å². The third kappa shape index (κ3) is 3.53. The van der Waals surface area contributed by atoms with Crippen molar-refractivity contribution in [3.8, 4) is 0 Å². The standard InChI is InChI=1S/C15H20N2OS/c1-15(7-2-3-8-15)10-17-14(18)12-6-4-5-11(9-12)13(16)19/h4-6,9H,2-3,7-8,10H2,1H3,(H2,16,19)(H,17,18). The number of hydrogen-bond acceptors (Lipinski definition) is 2. The Hall–Kier alpha value is -1.42. The largest absolute Gasteiger partial charge is 0.389 e. The molecular formula is C15H20N2OS. The van der Waals surface area contributed by atoms with Gasteiger partial charge in [0.25, 0.3) is 5.91 Å². The quantitative estimate of drug-likeness (QED) is 0.831. The van der Waals surface area contributed by atoms with Crippen LogP contribution in [-0.2, 0) is 0 Å². The minimum absolute atomic E-state index is 0.0498. The zero-order valence-electron chi connectivity index (χ0n) is 11.2. The molecule has 3 N–H and O–H groups in total. The lowest BCUT2D eigenvalue weighted by Gasteiger charge is -2.23. The molecule has 1 aliphatic carbocycles. The van der Waals surface area contributed by atoms with Crippen molar-refractivity contribution in [1.29, 1.82) is 0 Å². The first kappa shape index (κ1) is 14.0. The highest BCUT2D eigenvalue weighted by atomic mass is 32.1. The molecule has 4 heteroatoms. The molecule has 1 saturated carbocycles. The molecule has 0 aromatic heterocycles. The van der Waals surface area contributed by atoms with Crippen LogP contribution in [0.2, 0.25) is 0 Å². The molecule has 2 rings (SSSR count). The predicted molar refractivity (Wildman–Crippen MR) is 81.2 cm³/mol. The fourth-order valence-electron chi connectivity index (χ4n) is 2.61. The molecule has 0 spiro atoms. The lowest BCUT2D eigenvalue weighted by atomic mass is 9.89. The molecule has 1 fully saturated rings. The molecule has 0 unspecified atom stereocenters. The molecule has 1 aromatic rings. The summed E-state index contributed by atoms with van der Waals surface area (Å²) in [5.74, 6) is -0.0498. The van der Waals surface area contributed by atoms with E-state index in [0.717, 1.165) is 12.1 Å². The van der Waals surface area contributed by atoms with Gasteiger partial charge in [-0.2, -0.15) is 0 Å². The summed E-state index contributed by atoms with van der Waals surface area (Å²) in [6, 6.07) is 7.15. The van der Waals surface area contributed by atoms with Gasteiger partial charge in [-0.15, -0.1) is 0 Å². The summed E-state index contributed by atoms with van der Waals surface area (Å²) in [5, 5.41) is 3.02. The molecule has 0 radical (unpaired) electrons. The van der Waals surface area contributed by atoms with E-state index in [0.29, 0.717) is 10.6 Å².